The van der Waals surface area contributed by atoms with E-state index in [4.69, 9.17) is 4.42 Å². The Morgan fingerprint density at radius 1 is 1.13 bits per heavy atom. The fourth-order valence-corrected chi connectivity index (χ4v) is 3.47. The summed E-state index contributed by atoms with van der Waals surface area (Å²) in [6.07, 6.45) is 2.01. The zero-order chi connectivity index (χ0) is 21.6. The van der Waals surface area contributed by atoms with Gasteiger partial charge >= 0.3 is 0 Å². The summed E-state index contributed by atoms with van der Waals surface area (Å²) in [5.74, 6) is 1.16. The second kappa shape index (κ2) is 7.37. The maximum absolute atomic E-state index is 12.3. The van der Waals surface area contributed by atoms with Crippen molar-refractivity contribution < 1.29 is 14.3 Å². The van der Waals surface area contributed by atoms with E-state index < -0.39 is 10.9 Å². The molecule has 0 unspecified atom stereocenters. The van der Waals surface area contributed by atoms with Crippen molar-refractivity contribution in [1.82, 2.24) is 4.90 Å². The Hall–Kier alpha value is -3.55. The van der Waals surface area contributed by atoms with Crippen LogP contribution in [0.5, 0.6) is 5.75 Å². The normalized spacial score (nSPS) is 14.5. The first-order chi connectivity index (χ1) is 14.3. The summed E-state index contributed by atoms with van der Waals surface area (Å²) < 4.78 is 5.73. The Bertz CT molecular complexity index is 1180. The van der Waals surface area contributed by atoms with Crippen LogP contribution in [0, 0.1) is 12.8 Å². The summed E-state index contributed by atoms with van der Waals surface area (Å²) in [6.45, 7) is 1.85. The molecule has 1 aliphatic carbocycles. The number of hydrogen-bond acceptors (Lipinski definition) is 7. The van der Waals surface area contributed by atoms with E-state index >= 15 is 0 Å². The van der Waals surface area contributed by atoms with Crippen LogP contribution in [-0.4, -0.2) is 30.0 Å². The molecule has 0 aliphatic heterocycles. The molecule has 30 heavy (non-hydrogen) atoms. The largest absolute Gasteiger partial charge is 0.505 e. The summed E-state index contributed by atoms with van der Waals surface area (Å²) in [7, 11) is 3.16. The first-order valence-electron chi connectivity index (χ1n) is 9.74. The summed E-state index contributed by atoms with van der Waals surface area (Å²) in [6, 6.07) is 8.14. The van der Waals surface area contributed by atoms with E-state index in [1.54, 1.807) is 20.2 Å². The number of carbonyl (C=O) groups excluding carboxylic acids is 1. The van der Waals surface area contributed by atoms with Crippen LogP contribution in [0.3, 0.4) is 0 Å². The SMILES string of the molecule is Cc1ccc([C@H](Nc2c(Nc3cccc(C(=O)N(C)C)c3O)c(=O)c2=O)C2CC2)o1. The first-order valence-corrected chi connectivity index (χ1v) is 9.74. The molecule has 0 bridgehead atoms. The number of furan rings is 1. The molecule has 1 fully saturated rings. The number of benzene rings is 1. The van der Waals surface area contributed by atoms with E-state index in [2.05, 4.69) is 10.6 Å². The number of aryl methyl sites for hydroxylation is 1. The lowest BCUT2D eigenvalue weighted by atomic mass is 10.1. The molecule has 156 valence electrons. The molecule has 1 aromatic heterocycles. The topological polar surface area (TPSA) is 112 Å². The van der Waals surface area contributed by atoms with E-state index in [0.29, 0.717) is 5.92 Å². The third-order valence-corrected chi connectivity index (χ3v) is 5.30. The predicted molar refractivity (Wildman–Crippen MR) is 113 cm³/mol. The van der Waals surface area contributed by atoms with Crippen LogP contribution in [0.4, 0.5) is 17.1 Å². The molecule has 1 aliphatic rings. The first kappa shape index (κ1) is 19.8. The summed E-state index contributed by atoms with van der Waals surface area (Å²) in [5.41, 5.74) is -0.791. The number of hydrogen-bond donors (Lipinski definition) is 3. The fourth-order valence-electron chi connectivity index (χ4n) is 3.47. The van der Waals surface area contributed by atoms with Crippen LogP contribution >= 0.6 is 0 Å². The smallest absolute Gasteiger partial charge is 0.257 e. The number of para-hydroxylation sites is 1. The minimum Gasteiger partial charge on any atom is -0.505 e. The van der Waals surface area contributed by atoms with Gasteiger partial charge in [0.05, 0.1) is 17.3 Å². The van der Waals surface area contributed by atoms with Gasteiger partial charge in [0.1, 0.15) is 22.9 Å². The van der Waals surface area contributed by atoms with Gasteiger partial charge in [-0.15, -0.1) is 0 Å². The monoisotopic (exact) mass is 409 g/mol. The van der Waals surface area contributed by atoms with Gasteiger partial charge in [0.25, 0.3) is 16.8 Å². The van der Waals surface area contributed by atoms with Gasteiger partial charge in [-0.1, -0.05) is 6.07 Å². The number of carbonyl (C=O) groups is 1. The Labute approximate surface area is 172 Å². The molecular weight excluding hydrogens is 386 g/mol. The number of nitrogens with one attached hydrogen (secondary N) is 2. The fraction of sp³-hybridized carbons (Fsp3) is 0.318. The van der Waals surface area contributed by atoms with Crippen LogP contribution in [0.1, 0.15) is 40.8 Å². The van der Waals surface area contributed by atoms with E-state index in [-0.39, 0.29) is 40.3 Å². The van der Waals surface area contributed by atoms with E-state index in [1.165, 1.54) is 17.0 Å². The molecule has 1 heterocycles. The van der Waals surface area contributed by atoms with Gasteiger partial charge in [0, 0.05) is 14.1 Å². The van der Waals surface area contributed by atoms with Crippen LogP contribution in [0.15, 0.2) is 44.3 Å². The highest BCUT2D eigenvalue weighted by molar-refractivity contribution is 5.99. The standard InChI is InChI=1S/C22H23N3O5/c1-11-7-10-15(30-11)16(12-8-9-12)24-18-17(20(27)21(18)28)23-14-6-4-5-13(19(14)26)22(29)25(2)3/h4-7,10,12,16,23-24,26H,8-9H2,1-3H3/t16-/m1/s1. The zero-order valence-electron chi connectivity index (χ0n) is 17.0. The van der Waals surface area contributed by atoms with Crippen molar-refractivity contribution in [2.45, 2.75) is 25.8 Å². The van der Waals surface area contributed by atoms with Crippen LogP contribution < -0.4 is 21.5 Å². The minimum absolute atomic E-state index is 0.0682. The molecule has 0 saturated heterocycles. The summed E-state index contributed by atoms with van der Waals surface area (Å²) >= 11 is 0. The van der Waals surface area contributed by atoms with Crippen molar-refractivity contribution in [2.24, 2.45) is 5.92 Å². The van der Waals surface area contributed by atoms with E-state index in [1.807, 2.05) is 19.1 Å². The molecule has 4 rings (SSSR count). The lowest BCUT2D eigenvalue weighted by Crippen LogP contribution is -2.37. The third-order valence-electron chi connectivity index (χ3n) is 5.30. The van der Waals surface area contributed by atoms with Gasteiger partial charge in [-0.05, 0) is 49.9 Å². The van der Waals surface area contributed by atoms with Crippen molar-refractivity contribution in [3.05, 3.63) is 67.9 Å². The Balaban J connectivity index is 1.63. The molecule has 0 radical (unpaired) electrons. The summed E-state index contributed by atoms with van der Waals surface area (Å²) in [4.78, 5) is 38.1. The van der Waals surface area contributed by atoms with E-state index in [9.17, 15) is 19.5 Å². The maximum atomic E-state index is 12.3. The highest BCUT2D eigenvalue weighted by Gasteiger charge is 2.36. The number of rotatable bonds is 7. The molecule has 8 nitrogen and oxygen atoms in total. The Morgan fingerprint density at radius 2 is 1.83 bits per heavy atom. The molecule has 1 amide bonds. The second-order valence-corrected chi connectivity index (χ2v) is 7.84. The van der Waals surface area contributed by atoms with Gasteiger partial charge in [-0.2, -0.15) is 0 Å². The highest BCUT2D eigenvalue weighted by Crippen LogP contribution is 2.44. The van der Waals surface area contributed by atoms with Crippen LogP contribution in [0.25, 0.3) is 0 Å². The molecule has 3 aromatic rings. The quantitative estimate of drug-likeness (QED) is 0.406. The number of phenolic OH excluding ortho intramolecular Hbond substituents is 1. The number of anilines is 3. The molecular formula is C22H23N3O5. The lowest BCUT2D eigenvalue weighted by Gasteiger charge is -2.21. The van der Waals surface area contributed by atoms with Gasteiger partial charge in [-0.25, -0.2) is 0 Å². The van der Waals surface area contributed by atoms with Gasteiger partial charge < -0.3 is 25.1 Å². The van der Waals surface area contributed by atoms with Crippen molar-refractivity contribution in [2.75, 3.05) is 24.7 Å². The molecule has 1 atom stereocenters. The number of nitrogens with zero attached hydrogens (tertiary/aromatic N) is 1. The Morgan fingerprint density at radius 3 is 2.43 bits per heavy atom. The average molecular weight is 409 g/mol. The van der Waals surface area contributed by atoms with Crippen molar-refractivity contribution in [3.63, 3.8) is 0 Å². The molecule has 3 N–H and O–H groups in total. The van der Waals surface area contributed by atoms with Crippen LogP contribution in [-0.2, 0) is 0 Å². The number of amides is 1. The zero-order valence-corrected chi connectivity index (χ0v) is 17.0. The van der Waals surface area contributed by atoms with Crippen molar-refractivity contribution in [3.8, 4) is 5.75 Å². The van der Waals surface area contributed by atoms with Crippen molar-refractivity contribution in [1.29, 1.82) is 0 Å². The molecule has 0 spiro atoms. The number of aromatic hydroxyl groups is 1. The van der Waals surface area contributed by atoms with Gasteiger partial charge in [0.2, 0.25) is 0 Å². The lowest BCUT2D eigenvalue weighted by molar-refractivity contribution is 0.0824. The predicted octanol–water partition coefficient (Wildman–Crippen LogP) is 2.90. The minimum atomic E-state index is -0.675. The van der Waals surface area contributed by atoms with Crippen molar-refractivity contribution >= 4 is 23.0 Å². The number of phenols is 1. The van der Waals surface area contributed by atoms with Gasteiger partial charge in [0.15, 0.2) is 5.75 Å². The molecule has 8 heteroatoms. The highest BCUT2D eigenvalue weighted by atomic mass is 16.3. The summed E-state index contributed by atoms with van der Waals surface area (Å²) in [5, 5.41) is 16.5. The third kappa shape index (κ3) is 3.45. The van der Waals surface area contributed by atoms with E-state index in [0.717, 1.165) is 24.4 Å². The maximum Gasteiger partial charge on any atom is 0.257 e. The second-order valence-electron chi connectivity index (χ2n) is 7.84. The van der Waals surface area contributed by atoms with Crippen LogP contribution in [0.2, 0.25) is 0 Å². The molecule has 2 aromatic carbocycles. The molecule has 1 saturated carbocycles. The van der Waals surface area contributed by atoms with Gasteiger partial charge in [-0.3, -0.25) is 14.4 Å². The Kier molecular flexibility index (Phi) is 4.85. The average Bonchev–Trinajstić information content (AvgIpc) is 3.47.